The molecule has 1 unspecified atom stereocenters. The molecule has 4 aromatic rings. The Morgan fingerprint density at radius 2 is 1.58 bits per heavy atom. The van der Waals surface area contributed by atoms with E-state index in [1.54, 1.807) is 18.2 Å². The van der Waals surface area contributed by atoms with E-state index in [9.17, 15) is 24.6 Å². The lowest BCUT2D eigenvalue weighted by atomic mass is 9.83. The van der Waals surface area contributed by atoms with Crippen LogP contribution in [0, 0.1) is 6.92 Å². The molecule has 0 fully saturated rings. The molecule has 0 aliphatic heterocycles. The molecule has 0 amide bonds. The number of nitrogens with zero attached hydrogens (tertiary/aromatic N) is 2. The quantitative estimate of drug-likeness (QED) is 0.525. The van der Waals surface area contributed by atoms with Crippen LogP contribution in [0.3, 0.4) is 0 Å². The number of aryl methyl sites for hydroxylation is 1. The lowest BCUT2D eigenvalue weighted by molar-refractivity contribution is 0.396. The molecule has 2 aromatic heterocycles. The molecule has 0 aliphatic carbocycles. The second kappa shape index (κ2) is 7.32. The summed E-state index contributed by atoms with van der Waals surface area (Å²) < 4.78 is 6.98. The fraction of sp³-hybridized carbons (Fsp3) is 0.174. The summed E-state index contributed by atoms with van der Waals surface area (Å²) >= 11 is 0. The molecule has 158 valence electrons. The Kier molecular flexibility index (Phi) is 4.77. The lowest BCUT2D eigenvalue weighted by Crippen LogP contribution is -2.40. The van der Waals surface area contributed by atoms with Gasteiger partial charge >= 0.3 is 11.3 Å². The number of rotatable bonds is 3. The minimum atomic E-state index is -1.19. The summed E-state index contributed by atoms with van der Waals surface area (Å²) in [6, 6.07) is 13.9. The van der Waals surface area contributed by atoms with Gasteiger partial charge in [0.15, 0.2) is 0 Å². The zero-order valence-electron chi connectivity index (χ0n) is 17.1. The van der Waals surface area contributed by atoms with Crippen LogP contribution in [0.15, 0.2) is 67.3 Å². The van der Waals surface area contributed by atoms with E-state index in [4.69, 9.17) is 4.42 Å². The highest BCUT2D eigenvalue weighted by molar-refractivity contribution is 5.87. The van der Waals surface area contributed by atoms with Crippen LogP contribution in [0.5, 0.6) is 11.6 Å². The maximum absolute atomic E-state index is 13.2. The third-order valence-corrected chi connectivity index (χ3v) is 5.47. The van der Waals surface area contributed by atoms with Gasteiger partial charge in [0.2, 0.25) is 5.88 Å². The van der Waals surface area contributed by atoms with Crippen molar-refractivity contribution in [3.05, 3.63) is 102 Å². The molecule has 2 aromatic carbocycles. The van der Waals surface area contributed by atoms with Gasteiger partial charge in [-0.15, -0.1) is 0 Å². The first-order valence-electron chi connectivity index (χ1n) is 9.52. The first-order chi connectivity index (χ1) is 14.7. The zero-order chi connectivity index (χ0) is 22.4. The fourth-order valence-electron chi connectivity index (χ4n) is 3.94. The Bertz CT molecular complexity index is 1500. The van der Waals surface area contributed by atoms with Crippen molar-refractivity contribution in [1.29, 1.82) is 0 Å². The molecule has 0 saturated carbocycles. The standard InChI is InChI=1S/C23H20N2O6/c1-12-11-16(26)18(22(29)31-12)17(15-10-6-8-13-7-4-5-9-14(13)15)19-20(27)24(2)23(30)25(3)21(19)28/h4-11,17,26-27H,1-3H3. The van der Waals surface area contributed by atoms with Crippen LogP contribution in [0.25, 0.3) is 10.8 Å². The van der Waals surface area contributed by atoms with E-state index in [0.717, 1.165) is 14.5 Å². The van der Waals surface area contributed by atoms with Gasteiger partial charge in [-0.2, -0.15) is 0 Å². The third kappa shape index (κ3) is 3.13. The van der Waals surface area contributed by atoms with Crippen molar-refractivity contribution >= 4 is 10.8 Å². The topological polar surface area (TPSA) is 115 Å². The number of hydrogen-bond acceptors (Lipinski definition) is 6. The number of aromatic nitrogens is 2. The predicted octanol–water partition coefficient (Wildman–Crippen LogP) is 2.09. The molecule has 2 heterocycles. The van der Waals surface area contributed by atoms with Crippen molar-refractivity contribution in [3.8, 4) is 11.6 Å². The monoisotopic (exact) mass is 420 g/mol. The van der Waals surface area contributed by atoms with Crippen LogP contribution in [0.4, 0.5) is 0 Å². The second-order valence-electron chi connectivity index (χ2n) is 7.39. The zero-order valence-corrected chi connectivity index (χ0v) is 17.1. The Hall–Kier alpha value is -4.07. The molecular weight excluding hydrogens is 400 g/mol. The summed E-state index contributed by atoms with van der Waals surface area (Å²) in [5.41, 5.74) is -2.26. The van der Waals surface area contributed by atoms with Crippen molar-refractivity contribution in [2.24, 2.45) is 14.1 Å². The Morgan fingerprint density at radius 3 is 2.29 bits per heavy atom. The summed E-state index contributed by atoms with van der Waals surface area (Å²) in [4.78, 5) is 38.3. The number of hydrogen-bond donors (Lipinski definition) is 2. The molecule has 8 nitrogen and oxygen atoms in total. The van der Waals surface area contributed by atoms with Crippen LogP contribution in [0.1, 0.15) is 28.4 Å². The maximum atomic E-state index is 13.2. The summed E-state index contributed by atoms with van der Waals surface area (Å²) in [5.74, 6) is -1.96. The Labute approximate surface area is 175 Å². The van der Waals surface area contributed by atoms with Gasteiger partial charge in [0.1, 0.15) is 11.5 Å². The molecule has 0 bridgehead atoms. The molecule has 31 heavy (non-hydrogen) atoms. The normalized spacial score (nSPS) is 12.2. The third-order valence-electron chi connectivity index (χ3n) is 5.47. The number of aromatic hydroxyl groups is 2. The number of fused-ring (bicyclic) bond motifs is 1. The summed E-state index contributed by atoms with van der Waals surface area (Å²) in [6.45, 7) is 1.51. The summed E-state index contributed by atoms with van der Waals surface area (Å²) in [6.07, 6.45) is 0. The highest BCUT2D eigenvalue weighted by Gasteiger charge is 2.32. The molecule has 8 heteroatoms. The SMILES string of the molecule is Cc1cc(O)c(C(c2c(O)n(C)c(=O)n(C)c2=O)c2cccc3ccccc23)c(=O)o1. The summed E-state index contributed by atoms with van der Waals surface area (Å²) in [5, 5.41) is 23.1. The van der Waals surface area contributed by atoms with E-state index in [1.807, 2.05) is 24.3 Å². The van der Waals surface area contributed by atoms with E-state index < -0.39 is 28.7 Å². The molecule has 1 atom stereocenters. The van der Waals surface area contributed by atoms with Crippen molar-refractivity contribution < 1.29 is 14.6 Å². The van der Waals surface area contributed by atoms with E-state index in [-0.39, 0.29) is 22.6 Å². The van der Waals surface area contributed by atoms with Crippen molar-refractivity contribution in [2.75, 3.05) is 0 Å². The van der Waals surface area contributed by atoms with Crippen LogP contribution in [-0.2, 0) is 14.1 Å². The van der Waals surface area contributed by atoms with E-state index in [0.29, 0.717) is 10.9 Å². The molecule has 0 spiro atoms. The first-order valence-corrected chi connectivity index (χ1v) is 9.52. The van der Waals surface area contributed by atoms with Gasteiger partial charge in [0.25, 0.3) is 5.56 Å². The second-order valence-corrected chi connectivity index (χ2v) is 7.39. The van der Waals surface area contributed by atoms with Crippen LogP contribution in [0.2, 0.25) is 0 Å². The molecule has 0 aliphatic rings. The maximum Gasteiger partial charge on any atom is 0.343 e. The average molecular weight is 420 g/mol. The minimum Gasteiger partial charge on any atom is -0.507 e. The molecule has 0 radical (unpaired) electrons. The minimum absolute atomic E-state index is 0.195. The van der Waals surface area contributed by atoms with Gasteiger partial charge in [-0.1, -0.05) is 42.5 Å². The lowest BCUT2D eigenvalue weighted by Gasteiger charge is -2.22. The molecule has 0 saturated heterocycles. The Balaban J connectivity index is 2.22. The predicted molar refractivity (Wildman–Crippen MR) is 115 cm³/mol. The molecule has 2 N–H and O–H groups in total. The smallest absolute Gasteiger partial charge is 0.343 e. The first kappa shape index (κ1) is 20.2. The number of benzene rings is 2. The van der Waals surface area contributed by atoms with Crippen LogP contribution in [-0.4, -0.2) is 19.3 Å². The molecular formula is C23H20N2O6. The van der Waals surface area contributed by atoms with Crippen LogP contribution >= 0.6 is 0 Å². The van der Waals surface area contributed by atoms with Gasteiger partial charge in [-0.05, 0) is 23.3 Å². The van der Waals surface area contributed by atoms with Gasteiger partial charge < -0.3 is 14.6 Å². The highest BCUT2D eigenvalue weighted by atomic mass is 16.4. The van der Waals surface area contributed by atoms with Gasteiger partial charge in [0, 0.05) is 20.2 Å². The Morgan fingerprint density at radius 1 is 0.903 bits per heavy atom. The van der Waals surface area contributed by atoms with Crippen molar-refractivity contribution in [1.82, 2.24) is 9.13 Å². The van der Waals surface area contributed by atoms with Crippen molar-refractivity contribution in [3.63, 3.8) is 0 Å². The van der Waals surface area contributed by atoms with Gasteiger partial charge in [-0.25, -0.2) is 9.59 Å². The van der Waals surface area contributed by atoms with Crippen LogP contribution < -0.4 is 16.9 Å². The van der Waals surface area contributed by atoms with E-state index in [2.05, 4.69) is 0 Å². The fourth-order valence-corrected chi connectivity index (χ4v) is 3.94. The van der Waals surface area contributed by atoms with Gasteiger partial charge in [0.05, 0.1) is 17.0 Å². The van der Waals surface area contributed by atoms with Crippen molar-refractivity contribution in [2.45, 2.75) is 12.8 Å². The summed E-state index contributed by atoms with van der Waals surface area (Å²) in [7, 11) is 2.60. The largest absolute Gasteiger partial charge is 0.507 e. The van der Waals surface area contributed by atoms with Gasteiger partial charge in [-0.3, -0.25) is 13.9 Å². The average Bonchev–Trinajstić information content (AvgIpc) is 2.74. The van der Waals surface area contributed by atoms with E-state index in [1.165, 1.54) is 27.1 Å². The van der Waals surface area contributed by atoms with E-state index >= 15 is 0 Å². The molecule has 4 rings (SSSR count). The highest BCUT2D eigenvalue weighted by Crippen LogP contribution is 2.39.